The molecule has 0 unspecified atom stereocenters. The molecule has 0 spiro atoms. The van der Waals surface area contributed by atoms with Crippen LogP contribution in [0.2, 0.25) is 0 Å². The Hall–Kier alpha value is -0.370. The predicted molar refractivity (Wildman–Crippen MR) is 61.8 cm³/mol. The third-order valence-corrected chi connectivity index (χ3v) is 3.30. The summed E-state index contributed by atoms with van der Waals surface area (Å²) in [6.07, 6.45) is 4.19. The van der Waals surface area contributed by atoms with Crippen molar-refractivity contribution < 1.29 is 9.53 Å². The van der Waals surface area contributed by atoms with Crippen molar-refractivity contribution in [3.8, 4) is 0 Å². The minimum absolute atomic E-state index is 0.237. The average molecular weight is 212 g/mol. The van der Waals surface area contributed by atoms with E-state index in [0.29, 0.717) is 6.61 Å². The highest BCUT2D eigenvalue weighted by Gasteiger charge is 2.47. The van der Waals surface area contributed by atoms with E-state index in [9.17, 15) is 4.79 Å². The van der Waals surface area contributed by atoms with E-state index in [-0.39, 0.29) is 16.2 Å². The summed E-state index contributed by atoms with van der Waals surface area (Å²) < 4.78 is 5.23. The van der Waals surface area contributed by atoms with Gasteiger partial charge in [0, 0.05) is 7.11 Å². The smallest absolute Gasteiger partial charge is 0.128 e. The lowest BCUT2D eigenvalue weighted by Gasteiger charge is -2.49. The van der Waals surface area contributed by atoms with Gasteiger partial charge in [-0.25, -0.2) is 0 Å². The summed E-state index contributed by atoms with van der Waals surface area (Å²) in [4.78, 5) is 11.4. The number of carbonyl (C=O) groups is 1. The molecule has 1 fully saturated rings. The third kappa shape index (κ3) is 3.04. The molecule has 15 heavy (non-hydrogen) atoms. The van der Waals surface area contributed by atoms with Crippen LogP contribution >= 0.6 is 0 Å². The van der Waals surface area contributed by atoms with Gasteiger partial charge in [0.25, 0.3) is 0 Å². The largest absolute Gasteiger partial charge is 0.384 e. The van der Waals surface area contributed by atoms with E-state index in [0.717, 1.165) is 19.1 Å². The second kappa shape index (κ2) is 3.89. The van der Waals surface area contributed by atoms with Crippen LogP contribution in [0, 0.1) is 16.2 Å². The van der Waals surface area contributed by atoms with Crippen molar-refractivity contribution in [1.29, 1.82) is 0 Å². The summed E-state index contributed by atoms with van der Waals surface area (Å²) in [7, 11) is 1.68. The molecule has 0 heterocycles. The molecule has 88 valence electrons. The van der Waals surface area contributed by atoms with Gasteiger partial charge in [0.1, 0.15) is 6.29 Å². The van der Waals surface area contributed by atoms with E-state index >= 15 is 0 Å². The molecule has 0 aromatic heterocycles. The number of aldehydes is 1. The Morgan fingerprint density at radius 3 is 1.87 bits per heavy atom. The molecule has 1 rings (SSSR count). The number of hydrogen-bond acceptors (Lipinski definition) is 2. The van der Waals surface area contributed by atoms with E-state index < -0.39 is 0 Å². The molecule has 0 radical (unpaired) electrons. The maximum atomic E-state index is 11.4. The van der Waals surface area contributed by atoms with E-state index in [2.05, 4.69) is 27.7 Å². The van der Waals surface area contributed by atoms with E-state index in [1.807, 2.05) is 0 Å². The van der Waals surface area contributed by atoms with Crippen molar-refractivity contribution in [2.24, 2.45) is 16.2 Å². The van der Waals surface area contributed by atoms with Crippen molar-refractivity contribution in [2.75, 3.05) is 13.7 Å². The van der Waals surface area contributed by atoms with Gasteiger partial charge < -0.3 is 9.53 Å². The second-order valence-corrected chi connectivity index (χ2v) is 6.77. The van der Waals surface area contributed by atoms with Gasteiger partial charge in [-0.15, -0.1) is 0 Å². The van der Waals surface area contributed by atoms with Crippen LogP contribution in [0.25, 0.3) is 0 Å². The molecule has 0 aromatic rings. The van der Waals surface area contributed by atoms with Crippen LogP contribution in [0.3, 0.4) is 0 Å². The van der Waals surface area contributed by atoms with Gasteiger partial charge in [0.15, 0.2) is 0 Å². The quantitative estimate of drug-likeness (QED) is 0.672. The monoisotopic (exact) mass is 212 g/mol. The predicted octanol–water partition coefficient (Wildman–Crippen LogP) is 3.05. The first-order chi connectivity index (χ1) is 6.74. The van der Waals surface area contributed by atoms with Gasteiger partial charge in [-0.3, -0.25) is 0 Å². The van der Waals surface area contributed by atoms with Gasteiger partial charge in [-0.2, -0.15) is 0 Å². The molecule has 0 aromatic carbocycles. The zero-order valence-corrected chi connectivity index (χ0v) is 10.7. The minimum Gasteiger partial charge on any atom is -0.384 e. The average Bonchev–Trinajstić information content (AvgIpc) is 1.98. The van der Waals surface area contributed by atoms with Crippen molar-refractivity contribution in [3.05, 3.63) is 0 Å². The second-order valence-electron chi connectivity index (χ2n) is 6.77. The number of methoxy groups -OCH3 is 1. The van der Waals surface area contributed by atoms with Crippen LogP contribution in [-0.4, -0.2) is 20.0 Å². The molecule has 2 heteroatoms. The summed E-state index contributed by atoms with van der Waals surface area (Å²) in [6, 6.07) is 0. The first-order valence-electron chi connectivity index (χ1n) is 5.70. The van der Waals surface area contributed by atoms with Crippen LogP contribution in [0.1, 0.15) is 47.0 Å². The first-order valence-corrected chi connectivity index (χ1v) is 5.70. The summed E-state index contributed by atoms with van der Waals surface area (Å²) in [5.41, 5.74) is 0.211. The molecule has 0 aliphatic heterocycles. The molecule has 2 nitrogen and oxygen atoms in total. The Bertz CT molecular complexity index is 225. The Labute approximate surface area is 93.4 Å². The lowest BCUT2D eigenvalue weighted by Crippen LogP contribution is -2.44. The number of ether oxygens (including phenoxy) is 1. The molecule has 1 saturated carbocycles. The van der Waals surface area contributed by atoms with Gasteiger partial charge >= 0.3 is 0 Å². The Kier molecular flexibility index (Phi) is 3.30. The van der Waals surface area contributed by atoms with E-state index in [1.54, 1.807) is 7.11 Å². The van der Waals surface area contributed by atoms with Crippen molar-refractivity contribution in [3.63, 3.8) is 0 Å². The van der Waals surface area contributed by atoms with Crippen molar-refractivity contribution >= 4 is 6.29 Å². The summed E-state index contributed by atoms with van der Waals surface area (Å²) in [5.74, 6) is 0. The fourth-order valence-electron chi connectivity index (χ4n) is 3.90. The lowest BCUT2D eigenvalue weighted by atomic mass is 9.56. The van der Waals surface area contributed by atoms with Gasteiger partial charge in [0.05, 0.1) is 12.0 Å². The summed E-state index contributed by atoms with van der Waals surface area (Å²) in [5, 5.41) is 0. The fraction of sp³-hybridized carbons (Fsp3) is 0.923. The van der Waals surface area contributed by atoms with Crippen LogP contribution in [-0.2, 0) is 9.53 Å². The highest BCUT2D eigenvalue weighted by Crippen LogP contribution is 2.53. The maximum Gasteiger partial charge on any atom is 0.128 e. The molecular weight excluding hydrogens is 188 g/mol. The lowest BCUT2D eigenvalue weighted by molar-refractivity contribution is -0.129. The van der Waals surface area contributed by atoms with Crippen molar-refractivity contribution in [2.45, 2.75) is 47.0 Å². The molecule has 1 aliphatic carbocycles. The van der Waals surface area contributed by atoms with E-state index in [1.165, 1.54) is 6.42 Å². The fourth-order valence-corrected chi connectivity index (χ4v) is 3.90. The normalized spacial score (nSPS) is 27.3. The standard InChI is InChI=1S/C13H24O2/c1-11(2)6-12(3,4)8-13(7-11,9-14)10-15-5/h9H,6-8,10H2,1-5H3. The van der Waals surface area contributed by atoms with Crippen LogP contribution in [0.5, 0.6) is 0 Å². The maximum absolute atomic E-state index is 11.4. The molecule has 0 atom stereocenters. The SMILES string of the molecule is COCC1(C=O)CC(C)(C)CC(C)(C)C1. The molecule has 0 bridgehead atoms. The molecule has 1 aliphatic rings. The number of rotatable bonds is 3. The van der Waals surface area contributed by atoms with Crippen LogP contribution in [0.4, 0.5) is 0 Å². The molecule has 0 amide bonds. The summed E-state index contributed by atoms with van der Waals surface area (Å²) in [6.45, 7) is 9.57. The highest BCUT2D eigenvalue weighted by atomic mass is 16.5. The van der Waals surface area contributed by atoms with Gasteiger partial charge in [-0.1, -0.05) is 27.7 Å². The number of hydrogen-bond donors (Lipinski definition) is 0. The van der Waals surface area contributed by atoms with Crippen LogP contribution < -0.4 is 0 Å². The zero-order valence-electron chi connectivity index (χ0n) is 10.7. The summed E-state index contributed by atoms with van der Waals surface area (Å²) >= 11 is 0. The van der Waals surface area contributed by atoms with E-state index in [4.69, 9.17) is 4.74 Å². The van der Waals surface area contributed by atoms with Crippen LogP contribution in [0.15, 0.2) is 0 Å². The topological polar surface area (TPSA) is 26.3 Å². The molecule has 0 saturated heterocycles. The van der Waals surface area contributed by atoms with Gasteiger partial charge in [-0.05, 0) is 30.1 Å². The Morgan fingerprint density at radius 1 is 1.07 bits per heavy atom. The Morgan fingerprint density at radius 2 is 1.53 bits per heavy atom. The minimum atomic E-state index is -0.264. The van der Waals surface area contributed by atoms with Crippen molar-refractivity contribution in [1.82, 2.24) is 0 Å². The molecular formula is C13H24O2. The zero-order chi connectivity index (χ0) is 11.7. The number of carbonyl (C=O) groups excluding carboxylic acids is 1. The molecule has 0 N–H and O–H groups in total. The third-order valence-electron chi connectivity index (χ3n) is 3.30. The van der Waals surface area contributed by atoms with Gasteiger partial charge in [0.2, 0.25) is 0 Å². The Balaban J connectivity index is 2.94. The highest BCUT2D eigenvalue weighted by molar-refractivity contribution is 5.60. The first kappa shape index (κ1) is 12.7.